The van der Waals surface area contributed by atoms with Crippen LogP contribution in [-0.2, 0) is 9.53 Å². The van der Waals surface area contributed by atoms with Crippen LogP contribution in [0, 0.1) is 29.1 Å². The van der Waals surface area contributed by atoms with E-state index in [9.17, 15) is 35.1 Å². The van der Waals surface area contributed by atoms with Crippen molar-refractivity contribution < 1.29 is 39.9 Å². The number of hydrogen-bond donors (Lipinski definition) is 5. The van der Waals surface area contributed by atoms with Crippen LogP contribution in [0.2, 0.25) is 0 Å². The van der Waals surface area contributed by atoms with E-state index in [1.54, 1.807) is 39.8 Å². The third-order valence-electron chi connectivity index (χ3n) is 8.25. The first kappa shape index (κ1) is 20.5. The fourth-order valence-electron chi connectivity index (χ4n) is 6.81. The summed E-state index contributed by atoms with van der Waals surface area (Å²) < 4.78 is 5.25. The Balaban J connectivity index is 1.94. The molecule has 4 aliphatic carbocycles. The van der Waals surface area contributed by atoms with Gasteiger partial charge >= 0.3 is 6.16 Å². The zero-order valence-electron chi connectivity index (χ0n) is 16.9. The van der Waals surface area contributed by atoms with Gasteiger partial charge in [0.1, 0.15) is 11.7 Å². The number of ketones is 1. The Labute approximate surface area is 168 Å². The first-order chi connectivity index (χ1) is 13.3. The second kappa shape index (κ2) is 5.69. The van der Waals surface area contributed by atoms with Crippen LogP contribution < -0.4 is 0 Å². The molecule has 0 aromatic carbocycles. The van der Waals surface area contributed by atoms with Crippen LogP contribution in [-0.4, -0.2) is 67.0 Å². The number of carbonyl (C=O) groups excluding carboxylic acids is 1. The van der Waals surface area contributed by atoms with Crippen molar-refractivity contribution in [3.63, 3.8) is 0 Å². The second-order valence-corrected chi connectivity index (χ2v) is 9.75. The monoisotopic (exact) mass is 408 g/mol. The fourth-order valence-corrected chi connectivity index (χ4v) is 6.81. The molecular formula is C21H28O8. The first-order valence-corrected chi connectivity index (χ1v) is 9.88. The molecule has 0 unspecified atom stereocenters. The van der Waals surface area contributed by atoms with Gasteiger partial charge < -0.3 is 30.3 Å². The summed E-state index contributed by atoms with van der Waals surface area (Å²) >= 11 is 0. The van der Waals surface area contributed by atoms with Gasteiger partial charge in [0.05, 0.1) is 12.2 Å². The summed E-state index contributed by atoms with van der Waals surface area (Å²) in [4.78, 5) is 24.2. The molecule has 8 heteroatoms. The molecule has 8 atom stereocenters. The van der Waals surface area contributed by atoms with Gasteiger partial charge in [0.2, 0.25) is 0 Å². The maximum Gasteiger partial charge on any atom is 0.506 e. The van der Waals surface area contributed by atoms with E-state index in [-0.39, 0.29) is 6.42 Å². The van der Waals surface area contributed by atoms with Crippen LogP contribution >= 0.6 is 0 Å². The minimum atomic E-state index is -1.93. The number of aliphatic hydroxyl groups is 4. The van der Waals surface area contributed by atoms with Crippen molar-refractivity contribution in [1.29, 1.82) is 0 Å². The first-order valence-electron chi connectivity index (χ1n) is 9.88. The quantitative estimate of drug-likeness (QED) is 0.331. The van der Waals surface area contributed by atoms with Gasteiger partial charge in [-0.1, -0.05) is 32.9 Å². The summed E-state index contributed by atoms with van der Waals surface area (Å²) in [5.74, 6) is -3.74. The fraction of sp³-hybridized carbons (Fsp3) is 0.714. The van der Waals surface area contributed by atoms with Gasteiger partial charge in [-0.15, -0.1) is 0 Å². The summed E-state index contributed by atoms with van der Waals surface area (Å²) in [6, 6.07) is 0. The van der Waals surface area contributed by atoms with Crippen molar-refractivity contribution >= 4 is 11.9 Å². The molecule has 0 amide bonds. The van der Waals surface area contributed by atoms with Crippen molar-refractivity contribution in [3.8, 4) is 0 Å². The molecule has 160 valence electrons. The highest BCUT2D eigenvalue weighted by Gasteiger charge is 2.86. The number of fused-ring (bicyclic) bond motifs is 5. The van der Waals surface area contributed by atoms with Gasteiger partial charge in [-0.05, 0) is 18.1 Å². The smallest absolute Gasteiger partial charge is 0.450 e. The van der Waals surface area contributed by atoms with Crippen LogP contribution in [0.5, 0.6) is 0 Å². The standard InChI is InChI=1S/C21H28O8/c1-9-5-13-19(27,15(9)23)7-11(8-22)6-12-14-18(3,4)21(14,29-17(25)26)16(24)10(2)20(12,13)28/h5-6,10,12-14,16,22,24,27-28H,7-8H2,1-4H3,(H,25,26)/t10-,12+,13-,14-,16-,19-,20-,21-/m1/s1. The molecular weight excluding hydrogens is 380 g/mol. The molecule has 0 aromatic rings. The predicted octanol–water partition coefficient (Wildman–Crippen LogP) is 0.632. The number of Topliss-reactive ketones (excluding diaryl/α,β-unsaturated/α-hetero) is 1. The van der Waals surface area contributed by atoms with Gasteiger partial charge in [-0.2, -0.15) is 0 Å². The second-order valence-electron chi connectivity index (χ2n) is 9.75. The lowest BCUT2D eigenvalue weighted by Gasteiger charge is -2.52. The van der Waals surface area contributed by atoms with E-state index >= 15 is 0 Å². The molecule has 2 fully saturated rings. The molecule has 2 saturated carbocycles. The van der Waals surface area contributed by atoms with E-state index in [0.29, 0.717) is 11.1 Å². The molecule has 0 spiro atoms. The van der Waals surface area contributed by atoms with Gasteiger partial charge in [-0.25, -0.2) is 4.79 Å². The van der Waals surface area contributed by atoms with Crippen LogP contribution in [0.1, 0.15) is 34.1 Å². The summed E-state index contributed by atoms with van der Waals surface area (Å²) in [5.41, 5.74) is -5.17. The van der Waals surface area contributed by atoms with Crippen LogP contribution in [0.3, 0.4) is 0 Å². The summed E-state index contributed by atoms with van der Waals surface area (Å²) in [5, 5.41) is 53.8. The molecule has 4 rings (SSSR count). The number of rotatable bonds is 2. The molecule has 0 heterocycles. The Bertz CT molecular complexity index is 859. The molecule has 5 N–H and O–H groups in total. The van der Waals surface area contributed by atoms with Crippen molar-refractivity contribution in [2.75, 3.05) is 6.61 Å². The molecule has 8 nitrogen and oxygen atoms in total. The Morgan fingerprint density at radius 3 is 2.45 bits per heavy atom. The average Bonchev–Trinajstić information content (AvgIpc) is 3.06. The maximum atomic E-state index is 12.8. The van der Waals surface area contributed by atoms with Gasteiger partial charge in [0.15, 0.2) is 11.4 Å². The van der Waals surface area contributed by atoms with Crippen molar-refractivity contribution in [1.82, 2.24) is 0 Å². The lowest BCUT2D eigenvalue weighted by atomic mass is 9.59. The summed E-state index contributed by atoms with van der Waals surface area (Å²) in [7, 11) is 0. The van der Waals surface area contributed by atoms with Crippen LogP contribution in [0.25, 0.3) is 0 Å². The SMILES string of the molecule is CC1=C[C@H]2[C@@]3(O)[C@H](C)[C@@H](O)[C@]4(OC(=O)O)[C@H]([C@@H]3C=C(CO)C[C@]2(O)C1=O)C4(C)C. The summed E-state index contributed by atoms with van der Waals surface area (Å²) in [6.07, 6.45) is 0.211. The molecule has 0 aromatic heterocycles. The lowest BCUT2D eigenvalue weighted by Crippen LogP contribution is -2.65. The third kappa shape index (κ3) is 2.13. The molecule has 4 aliphatic rings. The van der Waals surface area contributed by atoms with Gasteiger partial charge in [-0.3, -0.25) is 4.79 Å². The lowest BCUT2D eigenvalue weighted by molar-refractivity contribution is -0.211. The molecule has 0 bridgehead atoms. The van der Waals surface area contributed by atoms with Crippen LogP contribution in [0.15, 0.2) is 23.3 Å². The Morgan fingerprint density at radius 2 is 1.90 bits per heavy atom. The minimum Gasteiger partial charge on any atom is -0.450 e. The number of aliphatic hydroxyl groups excluding tert-OH is 2. The molecule has 0 radical (unpaired) electrons. The van der Waals surface area contributed by atoms with E-state index in [1.807, 2.05) is 0 Å². The van der Waals surface area contributed by atoms with Crippen molar-refractivity contribution in [2.45, 2.75) is 57.0 Å². The van der Waals surface area contributed by atoms with Crippen molar-refractivity contribution in [2.24, 2.45) is 29.1 Å². The summed E-state index contributed by atoms with van der Waals surface area (Å²) in [6.45, 7) is 6.28. The van der Waals surface area contributed by atoms with Gasteiger partial charge in [0, 0.05) is 35.5 Å². The Morgan fingerprint density at radius 1 is 1.28 bits per heavy atom. The topological polar surface area (TPSA) is 145 Å². The number of hydrogen-bond acceptors (Lipinski definition) is 7. The van der Waals surface area contributed by atoms with E-state index in [1.165, 1.54) is 0 Å². The number of ether oxygens (including phenoxy) is 1. The molecule has 0 saturated heterocycles. The number of carboxylic acid groups (broad SMARTS) is 1. The van der Waals surface area contributed by atoms with Crippen LogP contribution in [0.4, 0.5) is 4.79 Å². The maximum absolute atomic E-state index is 12.8. The third-order valence-corrected chi connectivity index (χ3v) is 8.25. The minimum absolute atomic E-state index is 0.137. The van der Waals surface area contributed by atoms with E-state index in [4.69, 9.17) is 4.74 Å². The highest BCUT2D eigenvalue weighted by atomic mass is 16.7. The average molecular weight is 408 g/mol. The van der Waals surface area contributed by atoms with E-state index in [0.717, 1.165) is 0 Å². The largest absolute Gasteiger partial charge is 0.506 e. The van der Waals surface area contributed by atoms with E-state index in [2.05, 4.69) is 0 Å². The number of carbonyl (C=O) groups is 2. The predicted molar refractivity (Wildman–Crippen MR) is 99.7 cm³/mol. The van der Waals surface area contributed by atoms with E-state index < -0.39 is 70.5 Å². The van der Waals surface area contributed by atoms with Crippen molar-refractivity contribution in [3.05, 3.63) is 23.3 Å². The Hall–Kier alpha value is -1.74. The highest BCUT2D eigenvalue weighted by Crippen LogP contribution is 2.76. The normalized spacial score (nSPS) is 49.8. The molecule has 29 heavy (non-hydrogen) atoms. The highest BCUT2D eigenvalue weighted by molar-refractivity contribution is 6.04. The molecule has 0 aliphatic heterocycles. The zero-order chi connectivity index (χ0) is 21.7. The zero-order valence-corrected chi connectivity index (χ0v) is 16.9. The van der Waals surface area contributed by atoms with Gasteiger partial charge in [0.25, 0.3) is 0 Å². The Kier molecular flexibility index (Phi) is 4.03.